The second-order valence-electron chi connectivity index (χ2n) is 14.3. The highest BCUT2D eigenvalue weighted by atomic mass is 16.7. The smallest absolute Gasteiger partial charge is 0.329 e. The van der Waals surface area contributed by atoms with Gasteiger partial charge in [0, 0.05) is 0 Å². The molecule has 11 atom stereocenters. The fourth-order valence-electron chi connectivity index (χ4n) is 7.58. The van der Waals surface area contributed by atoms with E-state index in [2.05, 4.69) is 0 Å². The Morgan fingerprint density at radius 1 is 0.544 bits per heavy atom. The van der Waals surface area contributed by atoms with Crippen LogP contribution in [0.1, 0.15) is 22.3 Å². The molecule has 0 aliphatic carbocycles. The van der Waals surface area contributed by atoms with E-state index in [4.69, 9.17) is 42.6 Å². The van der Waals surface area contributed by atoms with Crippen molar-refractivity contribution >= 4 is 5.97 Å². The van der Waals surface area contributed by atoms with Gasteiger partial charge in [0.25, 0.3) is 0 Å². The van der Waals surface area contributed by atoms with Crippen molar-refractivity contribution in [3.8, 4) is 0 Å². The minimum absolute atomic E-state index is 0.113. The van der Waals surface area contributed by atoms with E-state index in [-0.39, 0.29) is 33.2 Å². The van der Waals surface area contributed by atoms with Gasteiger partial charge >= 0.3 is 5.97 Å². The van der Waals surface area contributed by atoms with Crippen LogP contribution in [0.2, 0.25) is 0 Å². The molecule has 0 amide bonds. The van der Waals surface area contributed by atoms with Crippen LogP contribution in [0.5, 0.6) is 0 Å². The second kappa shape index (κ2) is 20.6. The molecule has 0 unspecified atom stereocenters. The molecule has 3 N–H and O–H groups in total. The maximum Gasteiger partial charge on any atom is 0.329 e. The fraction of sp³-hybridized carbons (Fsp3) is 0.432. The summed E-state index contributed by atoms with van der Waals surface area (Å²) in [4.78, 5) is 11.6. The first kappa shape index (κ1) is 41.1. The van der Waals surface area contributed by atoms with Crippen molar-refractivity contribution in [1.82, 2.24) is 0 Å². The molecular formula is C44H50O13. The number of carboxylic acid groups (broad SMARTS) is 1. The fourth-order valence-corrected chi connectivity index (χ4v) is 7.58. The van der Waals surface area contributed by atoms with Crippen LogP contribution < -0.4 is 0 Å². The first-order valence-corrected chi connectivity index (χ1v) is 19.2. The molecule has 3 heterocycles. The van der Waals surface area contributed by atoms with Crippen LogP contribution in [0.3, 0.4) is 0 Å². The standard InChI is InChI=1S/C44H50O13/c45-21-33-36(48)38(53-27-35(46)47)40-43(56-33)42(55-28-54-40)44-41(52-25-32-19-11-4-12-20-32)39(51-24-31-17-9-3-10-18-31)37(50-23-30-15-7-2-8-16-30)34(57-44)26-49-22-29-13-5-1-6-14-29/h1-20,33-34,36-45,48H,21-28H2,(H,46,47)/t33-,34-,36+,37-,38+,39+,40-,41+,42+,43-,44+/m1/s1. The number of rotatable bonds is 18. The Morgan fingerprint density at radius 3 is 1.54 bits per heavy atom. The largest absolute Gasteiger partial charge is 0.480 e. The summed E-state index contributed by atoms with van der Waals surface area (Å²) in [5.74, 6) is -1.22. The van der Waals surface area contributed by atoms with Gasteiger partial charge in [-0.05, 0) is 22.3 Å². The summed E-state index contributed by atoms with van der Waals surface area (Å²) < 4.78 is 58.2. The average Bonchev–Trinajstić information content (AvgIpc) is 3.25. The Balaban J connectivity index is 1.26. The van der Waals surface area contributed by atoms with Crippen molar-refractivity contribution in [3.05, 3.63) is 144 Å². The lowest BCUT2D eigenvalue weighted by Gasteiger charge is -2.53. The molecule has 3 saturated heterocycles. The third-order valence-electron chi connectivity index (χ3n) is 10.4. The Kier molecular flexibility index (Phi) is 14.8. The number of aliphatic hydroxyl groups excluding tert-OH is 2. The molecule has 0 radical (unpaired) electrons. The average molecular weight is 787 g/mol. The molecule has 4 aromatic carbocycles. The van der Waals surface area contributed by atoms with Crippen LogP contribution in [-0.4, -0.2) is 115 Å². The molecule has 0 spiro atoms. The summed E-state index contributed by atoms with van der Waals surface area (Å²) in [6.07, 6.45) is -10.5. The zero-order valence-electron chi connectivity index (χ0n) is 31.5. The van der Waals surface area contributed by atoms with Gasteiger partial charge in [-0.2, -0.15) is 0 Å². The molecule has 3 fully saturated rings. The molecule has 13 nitrogen and oxygen atoms in total. The molecule has 0 bridgehead atoms. The number of carbonyl (C=O) groups is 1. The van der Waals surface area contributed by atoms with Crippen LogP contribution in [0.4, 0.5) is 0 Å². The molecular weight excluding hydrogens is 736 g/mol. The third-order valence-corrected chi connectivity index (χ3v) is 10.4. The highest BCUT2D eigenvalue weighted by molar-refractivity contribution is 5.68. The minimum Gasteiger partial charge on any atom is -0.480 e. The predicted octanol–water partition coefficient (Wildman–Crippen LogP) is 4.06. The number of aliphatic carboxylic acids is 1. The molecule has 13 heteroatoms. The van der Waals surface area contributed by atoms with E-state index < -0.39 is 86.3 Å². The molecule has 4 aromatic rings. The van der Waals surface area contributed by atoms with E-state index in [1.165, 1.54) is 0 Å². The highest BCUT2D eigenvalue weighted by Crippen LogP contribution is 2.39. The Labute approximate surface area is 331 Å². The highest BCUT2D eigenvalue weighted by Gasteiger charge is 2.58. The Morgan fingerprint density at radius 2 is 1.02 bits per heavy atom. The van der Waals surface area contributed by atoms with E-state index in [1.807, 2.05) is 121 Å². The lowest BCUT2D eigenvalue weighted by molar-refractivity contribution is -0.359. The summed E-state index contributed by atoms with van der Waals surface area (Å²) in [5.41, 5.74) is 3.80. The number of carboxylic acids is 1. The molecule has 0 saturated carbocycles. The van der Waals surface area contributed by atoms with Crippen LogP contribution >= 0.6 is 0 Å². The van der Waals surface area contributed by atoms with Gasteiger partial charge in [0.2, 0.25) is 0 Å². The van der Waals surface area contributed by atoms with Gasteiger partial charge in [-0.3, -0.25) is 0 Å². The molecule has 0 aromatic heterocycles. The van der Waals surface area contributed by atoms with E-state index in [0.29, 0.717) is 6.61 Å². The van der Waals surface area contributed by atoms with Crippen LogP contribution in [0.15, 0.2) is 121 Å². The van der Waals surface area contributed by atoms with E-state index in [1.54, 1.807) is 0 Å². The van der Waals surface area contributed by atoms with Gasteiger partial charge in [-0.25, -0.2) is 4.79 Å². The monoisotopic (exact) mass is 786 g/mol. The number of ether oxygens (including phenoxy) is 9. The van der Waals surface area contributed by atoms with Gasteiger partial charge < -0.3 is 58.0 Å². The molecule has 3 aliphatic rings. The van der Waals surface area contributed by atoms with Gasteiger partial charge in [0.05, 0.1) is 39.6 Å². The number of hydrogen-bond donors (Lipinski definition) is 3. The topological polar surface area (TPSA) is 161 Å². The number of fused-ring (bicyclic) bond motifs is 1. The molecule has 57 heavy (non-hydrogen) atoms. The lowest BCUT2D eigenvalue weighted by Crippen LogP contribution is -2.71. The van der Waals surface area contributed by atoms with Crippen LogP contribution in [0, 0.1) is 0 Å². The Bertz CT molecular complexity index is 1770. The summed E-state index contributed by atoms with van der Waals surface area (Å²) in [6, 6.07) is 39.2. The van der Waals surface area contributed by atoms with E-state index >= 15 is 0 Å². The quantitative estimate of drug-likeness (QED) is 0.133. The maximum absolute atomic E-state index is 11.6. The molecule has 7 rings (SSSR count). The van der Waals surface area contributed by atoms with Gasteiger partial charge in [0.15, 0.2) is 0 Å². The van der Waals surface area contributed by atoms with E-state index in [0.717, 1.165) is 22.3 Å². The van der Waals surface area contributed by atoms with Crippen molar-refractivity contribution in [2.45, 2.75) is 93.6 Å². The van der Waals surface area contributed by atoms with Crippen molar-refractivity contribution in [1.29, 1.82) is 0 Å². The van der Waals surface area contributed by atoms with Gasteiger partial charge in [-0.15, -0.1) is 0 Å². The van der Waals surface area contributed by atoms with E-state index in [9.17, 15) is 20.1 Å². The molecule has 304 valence electrons. The van der Waals surface area contributed by atoms with Crippen molar-refractivity contribution < 1.29 is 62.7 Å². The zero-order chi connectivity index (χ0) is 39.4. The van der Waals surface area contributed by atoms with Crippen molar-refractivity contribution in [2.24, 2.45) is 0 Å². The third kappa shape index (κ3) is 10.7. The zero-order valence-corrected chi connectivity index (χ0v) is 31.5. The van der Waals surface area contributed by atoms with Crippen molar-refractivity contribution in [2.75, 3.05) is 26.6 Å². The summed E-state index contributed by atoms with van der Waals surface area (Å²) in [5, 5.41) is 30.9. The normalized spacial score (nSPS) is 30.0. The number of aliphatic hydroxyl groups is 2. The summed E-state index contributed by atoms with van der Waals surface area (Å²) in [7, 11) is 0. The summed E-state index contributed by atoms with van der Waals surface area (Å²) in [6.45, 7) is -0.406. The first-order chi connectivity index (χ1) is 28.0. The predicted molar refractivity (Wildman–Crippen MR) is 204 cm³/mol. The molecule has 3 aliphatic heterocycles. The minimum atomic E-state index is -1.39. The number of benzene rings is 4. The summed E-state index contributed by atoms with van der Waals surface area (Å²) >= 11 is 0. The lowest BCUT2D eigenvalue weighted by atomic mass is 9.84. The van der Waals surface area contributed by atoms with Gasteiger partial charge in [0.1, 0.15) is 80.5 Å². The van der Waals surface area contributed by atoms with Crippen molar-refractivity contribution in [3.63, 3.8) is 0 Å². The first-order valence-electron chi connectivity index (χ1n) is 19.2. The Hall–Kier alpha value is -4.09. The second-order valence-corrected chi connectivity index (χ2v) is 14.3. The number of hydrogen-bond acceptors (Lipinski definition) is 12. The van der Waals surface area contributed by atoms with Crippen LogP contribution in [0.25, 0.3) is 0 Å². The van der Waals surface area contributed by atoms with Crippen LogP contribution in [-0.2, 0) is 73.9 Å². The maximum atomic E-state index is 11.6. The SMILES string of the molecule is O=C(O)CO[C@H]1[C@@H](O)[C@@H](CO)O[C@H]2[C@@H]([C@H]3O[C@H](COCc4ccccc4)[C@@H](OCc4ccccc4)[C@H](OCc4ccccc4)[C@@H]3OCc3ccccc3)OCO[C@@H]21. The van der Waals surface area contributed by atoms with Gasteiger partial charge in [-0.1, -0.05) is 121 Å².